The third kappa shape index (κ3) is 4.97. The largest absolute Gasteiger partial charge is 0.360 e. The number of aryl methyl sites for hydroxylation is 1. The molecule has 7 heteroatoms. The van der Waals surface area contributed by atoms with Crippen LogP contribution in [-0.2, 0) is 6.42 Å². The Labute approximate surface area is 198 Å². The first-order valence-electron chi connectivity index (χ1n) is 11.2. The van der Waals surface area contributed by atoms with Crippen molar-refractivity contribution in [2.75, 3.05) is 14.1 Å². The number of benzene rings is 2. The zero-order valence-corrected chi connectivity index (χ0v) is 20.0. The van der Waals surface area contributed by atoms with Gasteiger partial charge < -0.3 is 14.7 Å². The maximum absolute atomic E-state index is 13.7. The molecule has 2 aromatic carbocycles. The van der Waals surface area contributed by atoms with Crippen molar-refractivity contribution in [1.82, 2.24) is 15.4 Å². The predicted octanol–water partition coefficient (Wildman–Crippen LogP) is 5.66. The van der Waals surface area contributed by atoms with E-state index in [2.05, 4.69) is 29.5 Å². The third-order valence-corrected chi connectivity index (χ3v) is 7.17. The summed E-state index contributed by atoms with van der Waals surface area (Å²) in [4.78, 5) is 15.5. The molecular formula is C26H29ClFN3O2. The van der Waals surface area contributed by atoms with Crippen molar-refractivity contribution < 1.29 is 13.7 Å². The Bertz CT molecular complexity index is 1140. The van der Waals surface area contributed by atoms with E-state index in [1.807, 2.05) is 24.3 Å². The highest BCUT2D eigenvalue weighted by atomic mass is 35.5. The van der Waals surface area contributed by atoms with Crippen molar-refractivity contribution in [2.45, 2.75) is 50.6 Å². The minimum Gasteiger partial charge on any atom is -0.360 e. The number of carbonyl (C=O) groups is 1. The maximum atomic E-state index is 13.7. The quantitative estimate of drug-likeness (QED) is 0.506. The molecule has 3 aromatic rings. The van der Waals surface area contributed by atoms with E-state index in [9.17, 15) is 9.18 Å². The molecule has 1 N–H and O–H groups in total. The lowest BCUT2D eigenvalue weighted by Crippen LogP contribution is -2.52. The Balaban J connectivity index is 1.47. The molecule has 0 saturated heterocycles. The van der Waals surface area contributed by atoms with Crippen LogP contribution in [0.25, 0.3) is 11.3 Å². The molecule has 0 radical (unpaired) electrons. The summed E-state index contributed by atoms with van der Waals surface area (Å²) in [5, 5.41) is 7.80. The second kappa shape index (κ2) is 9.65. The molecule has 4 rings (SSSR count). The van der Waals surface area contributed by atoms with Crippen molar-refractivity contribution >= 4 is 17.5 Å². The number of amides is 1. The van der Waals surface area contributed by atoms with E-state index >= 15 is 0 Å². The number of carbonyl (C=O) groups excluding carboxylic acids is 1. The normalized spacial score (nSPS) is 20.7. The molecule has 1 aliphatic carbocycles. The molecule has 1 aromatic heterocycles. The first-order chi connectivity index (χ1) is 15.8. The minimum atomic E-state index is -0.208. The average molecular weight is 470 g/mol. The van der Waals surface area contributed by atoms with Crippen molar-refractivity contribution in [3.63, 3.8) is 0 Å². The van der Waals surface area contributed by atoms with Crippen molar-refractivity contribution in [1.29, 1.82) is 0 Å². The summed E-state index contributed by atoms with van der Waals surface area (Å²) in [6.45, 7) is 1.74. The van der Waals surface area contributed by atoms with Gasteiger partial charge in [-0.05, 0) is 76.9 Å². The highest BCUT2D eigenvalue weighted by Crippen LogP contribution is 2.36. The number of hydrogen-bond acceptors (Lipinski definition) is 4. The van der Waals surface area contributed by atoms with Gasteiger partial charge in [0.05, 0.1) is 5.02 Å². The van der Waals surface area contributed by atoms with Crippen molar-refractivity contribution in [3.8, 4) is 11.3 Å². The van der Waals surface area contributed by atoms with Crippen molar-refractivity contribution in [2.24, 2.45) is 0 Å². The van der Waals surface area contributed by atoms with Gasteiger partial charge in [-0.1, -0.05) is 47.1 Å². The van der Waals surface area contributed by atoms with E-state index < -0.39 is 0 Å². The van der Waals surface area contributed by atoms with Gasteiger partial charge in [-0.15, -0.1) is 0 Å². The zero-order chi connectivity index (χ0) is 23.6. The molecule has 0 atom stereocenters. The van der Waals surface area contributed by atoms with Crippen LogP contribution in [0.1, 0.15) is 47.4 Å². The summed E-state index contributed by atoms with van der Waals surface area (Å²) < 4.78 is 19.1. The number of aromatic nitrogens is 1. The van der Waals surface area contributed by atoms with Gasteiger partial charge >= 0.3 is 0 Å². The van der Waals surface area contributed by atoms with Gasteiger partial charge in [0.1, 0.15) is 22.8 Å². The van der Waals surface area contributed by atoms with Gasteiger partial charge in [-0.25, -0.2) is 4.39 Å². The SMILES string of the molecule is Cc1onc(-c2ccccc2Cl)c1C(=O)NC1CCC(Cc2cccc(F)c2)(N(C)C)CC1. The number of likely N-dealkylation sites (N-methyl/N-ethyl adjacent to an activating group) is 1. The molecule has 0 aliphatic heterocycles. The van der Waals surface area contributed by atoms with Crippen LogP contribution in [0.5, 0.6) is 0 Å². The summed E-state index contributed by atoms with van der Waals surface area (Å²) in [7, 11) is 4.16. The Hall–Kier alpha value is -2.70. The van der Waals surface area contributed by atoms with Gasteiger partial charge in [0, 0.05) is 17.1 Å². The van der Waals surface area contributed by atoms with E-state index in [0.29, 0.717) is 27.6 Å². The number of nitrogens with one attached hydrogen (secondary N) is 1. The van der Waals surface area contributed by atoms with Gasteiger partial charge in [0.15, 0.2) is 0 Å². The van der Waals surface area contributed by atoms with E-state index in [-0.39, 0.29) is 23.3 Å². The van der Waals surface area contributed by atoms with Crippen LogP contribution in [0.2, 0.25) is 5.02 Å². The van der Waals surface area contributed by atoms with Gasteiger partial charge in [-0.2, -0.15) is 0 Å². The third-order valence-electron chi connectivity index (χ3n) is 6.84. The topological polar surface area (TPSA) is 58.4 Å². The Morgan fingerprint density at radius 1 is 1.21 bits per heavy atom. The van der Waals surface area contributed by atoms with E-state index in [1.165, 1.54) is 6.07 Å². The molecule has 0 unspecified atom stereocenters. The van der Waals surface area contributed by atoms with Crippen molar-refractivity contribution in [3.05, 3.63) is 76.3 Å². The standard InChI is InChI=1S/C26H29ClFN3O2/c1-17-23(24(30-33-17)21-9-4-5-10-22(21)27)25(32)29-20-11-13-26(14-12-20,31(2)3)16-18-7-6-8-19(28)15-18/h4-10,15,20H,11-14,16H2,1-3H3,(H,29,32). The van der Waals surface area contributed by atoms with Gasteiger partial charge in [-0.3, -0.25) is 4.79 Å². The van der Waals surface area contributed by atoms with Gasteiger partial charge in [0.25, 0.3) is 5.91 Å². The molecule has 5 nitrogen and oxygen atoms in total. The molecule has 1 aliphatic rings. The fraction of sp³-hybridized carbons (Fsp3) is 0.385. The van der Waals surface area contributed by atoms with E-state index in [0.717, 1.165) is 37.7 Å². The number of nitrogens with zero attached hydrogens (tertiary/aromatic N) is 2. The Morgan fingerprint density at radius 3 is 2.61 bits per heavy atom. The molecule has 1 amide bonds. The number of halogens is 2. The molecular weight excluding hydrogens is 441 g/mol. The van der Waals surface area contributed by atoms with Crippen LogP contribution >= 0.6 is 11.6 Å². The summed E-state index contributed by atoms with van der Waals surface area (Å²) in [5.41, 5.74) is 2.49. The molecule has 1 fully saturated rings. The van der Waals surface area contributed by atoms with Crippen LogP contribution in [0.3, 0.4) is 0 Å². The van der Waals surface area contributed by atoms with Gasteiger partial charge in [0.2, 0.25) is 0 Å². The van der Waals surface area contributed by atoms with E-state index in [4.69, 9.17) is 16.1 Å². The lowest BCUT2D eigenvalue weighted by atomic mass is 9.74. The highest BCUT2D eigenvalue weighted by Gasteiger charge is 2.38. The van der Waals surface area contributed by atoms with Crippen LogP contribution in [-0.4, -0.2) is 41.6 Å². The Kier molecular flexibility index (Phi) is 6.86. The van der Waals surface area contributed by atoms with Crippen LogP contribution in [0, 0.1) is 12.7 Å². The average Bonchev–Trinajstić information content (AvgIpc) is 3.16. The molecule has 1 saturated carbocycles. The smallest absolute Gasteiger partial charge is 0.257 e. The molecule has 0 spiro atoms. The molecule has 0 bridgehead atoms. The summed E-state index contributed by atoms with van der Waals surface area (Å²) >= 11 is 6.33. The highest BCUT2D eigenvalue weighted by molar-refractivity contribution is 6.33. The van der Waals surface area contributed by atoms with Crippen LogP contribution in [0.15, 0.2) is 53.1 Å². The van der Waals surface area contributed by atoms with Crippen LogP contribution in [0.4, 0.5) is 4.39 Å². The number of hydrogen-bond donors (Lipinski definition) is 1. The van der Waals surface area contributed by atoms with E-state index in [1.54, 1.807) is 25.1 Å². The predicted molar refractivity (Wildman–Crippen MR) is 128 cm³/mol. The lowest BCUT2D eigenvalue weighted by Gasteiger charge is -2.45. The first kappa shape index (κ1) is 23.5. The molecule has 174 valence electrons. The maximum Gasteiger partial charge on any atom is 0.257 e. The summed E-state index contributed by atoms with van der Waals surface area (Å²) in [6.07, 6.45) is 4.26. The summed E-state index contributed by atoms with van der Waals surface area (Å²) in [6, 6.07) is 14.2. The second-order valence-electron chi connectivity index (χ2n) is 9.12. The second-order valence-corrected chi connectivity index (χ2v) is 9.52. The zero-order valence-electron chi connectivity index (χ0n) is 19.2. The molecule has 1 heterocycles. The first-order valence-corrected chi connectivity index (χ1v) is 11.6. The van der Waals surface area contributed by atoms with Crippen LogP contribution < -0.4 is 5.32 Å². The lowest BCUT2D eigenvalue weighted by molar-refractivity contribution is 0.0768. The fourth-order valence-corrected chi connectivity index (χ4v) is 5.07. The fourth-order valence-electron chi connectivity index (χ4n) is 4.84. The Morgan fingerprint density at radius 2 is 1.94 bits per heavy atom. The monoisotopic (exact) mass is 469 g/mol. The summed E-state index contributed by atoms with van der Waals surface area (Å²) in [5.74, 6) is 0.0592. The minimum absolute atomic E-state index is 0.0477. The molecule has 33 heavy (non-hydrogen) atoms. The number of rotatable bonds is 6.